The molecule has 24 heavy (non-hydrogen) atoms. The zero-order valence-electron chi connectivity index (χ0n) is 13.7. The van der Waals surface area contributed by atoms with Gasteiger partial charge in [-0.3, -0.25) is 9.78 Å². The predicted molar refractivity (Wildman–Crippen MR) is 97.5 cm³/mol. The van der Waals surface area contributed by atoms with Crippen molar-refractivity contribution in [3.05, 3.63) is 53.7 Å². The Bertz CT molecular complexity index is 735. The van der Waals surface area contributed by atoms with Crippen LogP contribution in [0.1, 0.15) is 22.3 Å². The monoisotopic (exact) mass is 343 g/mol. The number of carbonyl (C=O) groups is 1. The highest BCUT2D eigenvalue weighted by atomic mass is 35.5. The molecule has 0 radical (unpaired) electrons. The Morgan fingerprint density at radius 1 is 1.29 bits per heavy atom. The van der Waals surface area contributed by atoms with Crippen LogP contribution in [0.4, 0.5) is 0 Å². The van der Waals surface area contributed by atoms with Gasteiger partial charge in [0, 0.05) is 36.5 Å². The minimum atomic E-state index is 0. The first-order chi connectivity index (χ1) is 11.2. The van der Waals surface area contributed by atoms with Crippen LogP contribution in [0.25, 0.3) is 11.3 Å². The van der Waals surface area contributed by atoms with Crippen LogP contribution in [0.15, 0.2) is 42.6 Å². The third-order valence-electron chi connectivity index (χ3n) is 5.03. The first-order valence-corrected chi connectivity index (χ1v) is 8.28. The van der Waals surface area contributed by atoms with Crippen LogP contribution in [0.5, 0.6) is 0 Å². The van der Waals surface area contributed by atoms with Crippen LogP contribution in [0, 0.1) is 12.8 Å². The van der Waals surface area contributed by atoms with E-state index >= 15 is 0 Å². The number of nitrogens with zero attached hydrogens (tertiary/aromatic N) is 2. The fraction of sp³-hybridized carbons (Fsp3) is 0.368. The number of rotatable bonds is 2. The van der Waals surface area contributed by atoms with Crippen molar-refractivity contribution < 1.29 is 4.79 Å². The van der Waals surface area contributed by atoms with Crippen molar-refractivity contribution in [3.63, 3.8) is 0 Å². The lowest BCUT2D eigenvalue weighted by atomic mass is 9.82. The van der Waals surface area contributed by atoms with E-state index in [0.29, 0.717) is 12.0 Å². The molecule has 126 valence electrons. The largest absolute Gasteiger partial charge is 0.334 e. The predicted octanol–water partition coefficient (Wildman–Crippen LogP) is 2.91. The minimum absolute atomic E-state index is 0. The molecule has 0 saturated carbocycles. The van der Waals surface area contributed by atoms with E-state index in [4.69, 9.17) is 0 Å². The summed E-state index contributed by atoms with van der Waals surface area (Å²) in [5.74, 6) is 0.808. The molecule has 4 rings (SSSR count). The van der Waals surface area contributed by atoms with Crippen LogP contribution >= 0.6 is 12.4 Å². The Kier molecular flexibility index (Phi) is 4.88. The topological polar surface area (TPSA) is 45.2 Å². The van der Waals surface area contributed by atoms with E-state index in [1.165, 1.54) is 6.42 Å². The molecule has 5 heteroatoms. The lowest BCUT2D eigenvalue weighted by Gasteiger charge is -2.51. The molecule has 0 bridgehead atoms. The van der Waals surface area contributed by atoms with Crippen LogP contribution in [0.2, 0.25) is 0 Å². The van der Waals surface area contributed by atoms with Gasteiger partial charge in [0.15, 0.2) is 0 Å². The molecule has 1 N–H and O–H groups in total. The van der Waals surface area contributed by atoms with Crippen LogP contribution in [0.3, 0.4) is 0 Å². The normalized spacial score (nSPS) is 22.1. The number of amides is 1. The number of pyridine rings is 1. The fourth-order valence-electron chi connectivity index (χ4n) is 3.69. The van der Waals surface area contributed by atoms with Crippen molar-refractivity contribution in [2.24, 2.45) is 5.92 Å². The summed E-state index contributed by atoms with van der Waals surface area (Å²) in [6.07, 6.45) is 2.95. The number of benzene rings is 1. The summed E-state index contributed by atoms with van der Waals surface area (Å²) >= 11 is 0. The zero-order chi connectivity index (χ0) is 15.8. The van der Waals surface area contributed by atoms with E-state index < -0.39 is 0 Å². The number of halogens is 1. The van der Waals surface area contributed by atoms with Crippen molar-refractivity contribution in [2.45, 2.75) is 19.4 Å². The van der Waals surface area contributed by atoms with Crippen molar-refractivity contribution in [3.8, 4) is 11.3 Å². The third-order valence-corrected chi connectivity index (χ3v) is 5.03. The summed E-state index contributed by atoms with van der Waals surface area (Å²) < 4.78 is 0. The van der Waals surface area contributed by atoms with E-state index in [1.807, 2.05) is 48.2 Å². The number of aromatic nitrogens is 1. The fourth-order valence-corrected chi connectivity index (χ4v) is 3.69. The van der Waals surface area contributed by atoms with Crippen LogP contribution < -0.4 is 5.32 Å². The smallest absolute Gasteiger partial charge is 0.254 e. The molecule has 2 aromatic rings. The zero-order valence-corrected chi connectivity index (χ0v) is 14.6. The number of fused-ring (bicyclic) bond motifs is 1. The average Bonchev–Trinajstić information content (AvgIpc) is 2.56. The Morgan fingerprint density at radius 2 is 2.17 bits per heavy atom. The number of hydrogen-bond donors (Lipinski definition) is 1. The van der Waals surface area contributed by atoms with Crippen molar-refractivity contribution in [2.75, 3.05) is 19.6 Å². The van der Waals surface area contributed by atoms with E-state index in [2.05, 4.69) is 10.3 Å². The molecule has 1 amide bonds. The van der Waals surface area contributed by atoms with Gasteiger partial charge in [0.2, 0.25) is 0 Å². The summed E-state index contributed by atoms with van der Waals surface area (Å²) in [5, 5.41) is 3.40. The molecule has 1 aromatic carbocycles. The molecule has 0 spiro atoms. The van der Waals surface area contributed by atoms with Gasteiger partial charge in [0.05, 0.1) is 5.69 Å². The molecular weight excluding hydrogens is 322 g/mol. The van der Waals surface area contributed by atoms with Gasteiger partial charge < -0.3 is 10.2 Å². The summed E-state index contributed by atoms with van der Waals surface area (Å²) in [5.41, 5.74) is 3.66. The number of aryl methyl sites for hydroxylation is 1. The van der Waals surface area contributed by atoms with Crippen molar-refractivity contribution >= 4 is 18.3 Å². The summed E-state index contributed by atoms with van der Waals surface area (Å²) in [6, 6.07) is 12.2. The second-order valence-corrected chi connectivity index (χ2v) is 6.54. The minimum Gasteiger partial charge on any atom is -0.334 e. The Morgan fingerprint density at radius 3 is 2.92 bits per heavy atom. The van der Waals surface area contributed by atoms with Gasteiger partial charge in [-0.05, 0) is 44.0 Å². The number of piperidine rings is 1. The van der Waals surface area contributed by atoms with E-state index in [9.17, 15) is 4.79 Å². The van der Waals surface area contributed by atoms with Gasteiger partial charge in [-0.1, -0.05) is 23.8 Å². The maximum Gasteiger partial charge on any atom is 0.254 e. The molecule has 2 aliphatic heterocycles. The molecule has 2 saturated heterocycles. The number of likely N-dealkylation sites (tertiary alicyclic amines) is 1. The highest BCUT2D eigenvalue weighted by molar-refractivity contribution is 6.01. The first kappa shape index (κ1) is 16.9. The Hall–Kier alpha value is -1.91. The maximum absolute atomic E-state index is 13.1. The van der Waals surface area contributed by atoms with Gasteiger partial charge in [0.25, 0.3) is 5.91 Å². The molecular formula is C19H22ClN3O. The summed E-state index contributed by atoms with van der Waals surface area (Å²) in [4.78, 5) is 19.5. The Balaban J connectivity index is 0.00000169. The summed E-state index contributed by atoms with van der Waals surface area (Å²) in [6.45, 7) is 4.91. The van der Waals surface area contributed by atoms with E-state index in [0.717, 1.165) is 42.0 Å². The average molecular weight is 344 g/mol. The highest BCUT2D eigenvalue weighted by Crippen LogP contribution is 2.33. The lowest BCUT2D eigenvalue weighted by Crippen LogP contribution is -2.65. The second-order valence-electron chi connectivity index (χ2n) is 6.54. The SMILES string of the molecule is Cc1ccc(-c2ccccn2)c(C(=O)N2CC3CCNCC32)c1.Cl. The molecule has 2 aliphatic rings. The van der Waals surface area contributed by atoms with Gasteiger partial charge in [-0.25, -0.2) is 0 Å². The Labute approximate surface area is 148 Å². The van der Waals surface area contributed by atoms with Gasteiger partial charge >= 0.3 is 0 Å². The van der Waals surface area contributed by atoms with E-state index in [1.54, 1.807) is 6.20 Å². The molecule has 2 fully saturated rings. The second kappa shape index (κ2) is 6.91. The van der Waals surface area contributed by atoms with Gasteiger partial charge in [-0.15, -0.1) is 12.4 Å². The molecule has 2 unspecified atom stereocenters. The quantitative estimate of drug-likeness (QED) is 0.912. The van der Waals surface area contributed by atoms with Crippen molar-refractivity contribution in [1.29, 1.82) is 0 Å². The number of hydrogen-bond acceptors (Lipinski definition) is 3. The van der Waals surface area contributed by atoms with Gasteiger partial charge in [-0.2, -0.15) is 0 Å². The lowest BCUT2D eigenvalue weighted by molar-refractivity contribution is 0.00286. The first-order valence-electron chi connectivity index (χ1n) is 8.28. The maximum atomic E-state index is 13.1. The van der Waals surface area contributed by atoms with Crippen molar-refractivity contribution in [1.82, 2.24) is 15.2 Å². The molecule has 0 aliphatic carbocycles. The van der Waals surface area contributed by atoms with Crippen LogP contribution in [-0.4, -0.2) is 41.5 Å². The van der Waals surface area contributed by atoms with Gasteiger partial charge in [0.1, 0.15) is 0 Å². The highest BCUT2D eigenvalue weighted by Gasteiger charge is 2.43. The number of nitrogens with one attached hydrogen (secondary N) is 1. The van der Waals surface area contributed by atoms with Crippen LogP contribution in [-0.2, 0) is 0 Å². The molecule has 1 aromatic heterocycles. The standard InChI is InChI=1S/C19H21N3O.ClH/c1-13-5-6-15(17-4-2-3-8-21-17)16(10-13)19(23)22-12-14-7-9-20-11-18(14)22;/h2-6,8,10,14,18,20H,7,9,11-12H2,1H3;1H. The molecule has 2 atom stereocenters. The summed E-state index contributed by atoms with van der Waals surface area (Å²) in [7, 11) is 0. The molecule has 4 nitrogen and oxygen atoms in total. The third kappa shape index (κ3) is 2.92. The molecule has 3 heterocycles. The number of carbonyl (C=O) groups excluding carboxylic acids is 1. The van der Waals surface area contributed by atoms with E-state index in [-0.39, 0.29) is 18.3 Å².